The zero-order valence-electron chi connectivity index (χ0n) is 15.7. The minimum absolute atomic E-state index is 0.102. The minimum Gasteiger partial charge on any atom is -0.461 e. The van der Waals surface area contributed by atoms with E-state index in [0.29, 0.717) is 17.8 Å². The first-order chi connectivity index (χ1) is 13.3. The van der Waals surface area contributed by atoms with Gasteiger partial charge in [-0.2, -0.15) is 0 Å². The Morgan fingerprint density at radius 2 is 1.85 bits per heavy atom. The summed E-state index contributed by atoms with van der Waals surface area (Å²) in [6, 6.07) is 4.53. The van der Waals surface area contributed by atoms with Crippen molar-refractivity contribution in [2.75, 3.05) is 5.75 Å². The van der Waals surface area contributed by atoms with Crippen molar-refractivity contribution in [3.8, 4) is 11.6 Å². The van der Waals surface area contributed by atoms with Gasteiger partial charge in [-0.05, 0) is 37.8 Å². The molecule has 2 fully saturated rings. The van der Waals surface area contributed by atoms with E-state index in [1.807, 2.05) is 12.1 Å². The number of aromatic nitrogens is 3. The largest absolute Gasteiger partial charge is 0.461 e. The molecule has 0 aromatic carbocycles. The van der Waals surface area contributed by atoms with Crippen LogP contribution in [0.5, 0.6) is 0 Å². The summed E-state index contributed by atoms with van der Waals surface area (Å²) in [7, 11) is 0. The number of thioether (sulfide) groups is 1. The second-order valence-electron chi connectivity index (χ2n) is 7.64. The van der Waals surface area contributed by atoms with Gasteiger partial charge in [-0.25, -0.2) is 0 Å². The lowest BCUT2D eigenvalue weighted by Gasteiger charge is -2.25. The summed E-state index contributed by atoms with van der Waals surface area (Å²) in [5, 5.41) is 12.8. The van der Waals surface area contributed by atoms with E-state index < -0.39 is 0 Å². The van der Waals surface area contributed by atoms with Gasteiger partial charge in [0.05, 0.1) is 12.0 Å². The highest BCUT2D eigenvalue weighted by molar-refractivity contribution is 7.99. The highest BCUT2D eigenvalue weighted by Crippen LogP contribution is 2.35. The van der Waals surface area contributed by atoms with Gasteiger partial charge in [0.15, 0.2) is 10.9 Å². The van der Waals surface area contributed by atoms with Crippen LogP contribution in [-0.2, 0) is 4.79 Å². The van der Waals surface area contributed by atoms with E-state index in [2.05, 4.69) is 20.1 Å². The maximum atomic E-state index is 12.4. The molecule has 2 aromatic heterocycles. The quantitative estimate of drug-likeness (QED) is 0.733. The zero-order chi connectivity index (χ0) is 18.5. The fourth-order valence-corrected chi connectivity index (χ4v) is 5.08. The molecule has 2 aliphatic rings. The van der Waals surface area contributed by atoms with Gasteiger partial charge in [0.25, 0.3) is 0 Å². The molecule has 0 saturated heterocycles. The molecule has 0 unspecified atom stereocenters. The Kier molecular flexibility index (Phi) is 6.17. The maximum Gasteiger partial charge on any atom is 0.230 e. The van der Waals surface area contributed by atoms with Crippen LogP contribution in [0.4, 0.5) is 0 Å². The number of hydrogen-bond acceptors (Lipinski definition) is 5. The lowest BCUT2D eigenvalue weighted by molar-refractivity contribution is -0.119. The highest BCUT2D eigenvalue weighted by atomic mass is 32.2. The first-order valence-electron chi connectivity index (χ1n) is 10.2. The topological polar surface area (TPSA) is 73.0 Å². The van der Waals surface area contributed by atoms with Crippen molar-refractivity contribution in [1.82, 2.24) is 20.1 Å². The van der Waals surface area contributed by atoms with Gasteiger partial charge in [0.2, 0.25) is 11.7 Å². The van der Waals surface area contributed by atoms with Gasteiger partial charge >= 0.3 is 0 Å². The Hall–Kier alpha value is -1.76. The third-order valence-corrected chi connectivity index (χ3v) is 6.59. The number of rotatable bonds is 6. The third-order valence-electron chi connectivity index (χ3n) is 5.65. The predicted molar refractivity (Wildman–Crippen MR) is 106 cm³/mol. The molecule has 0 radical (unpaired) electrons. The summed E-state index contributed by atoms with van der Waals surface area (Å²) < 4.78 is 7.78. The molecule has 146 valence electrons. The lowest BCUT2D eigenvalue weighted by Crippen LogP contribution is -2.37. The highest BCUT2D eigenvalue weighted by Gasteiger charge is 2.25. The first-order valence-corrected chi connectivity index (χ1v) is 11.2. The van der Waals surface area contributed by atoms with Crippen LogP contribution in [0, 0.1) is 0 Å². The molecule has 1 amide bonds. The summed E-state index contributed by atoms with van der Waals surface area (Å²) in [6.45, 7) is 0. The number of furan rings is 1. The van der Waals surface area contributed by atoms with E-state index in [-0.39, 0.29) is 5.91 Å². The van der Waals surface area contributed by atoms with E-state index >= 15 is 0 Å². The second kappa shape index (κ2) is 8.95. The molecule has 2 aromatic rings. The fourth-order valence-electron chi connectivity index (χ4n) is 4.26. The molecule has 0 atom stereocenters. The minimum atomic E-state index is 0.102. The Balaban J connectivity index is 1.45. The molecule has 2 saturated carbocycles. The van der Waals surface area contributed by atoms with Gasteiger partial charge in [0.1, 0.15) is 0 Å². The molecule has 0 aliphatic heterocycles. The Labute approximate surface area is 164 Å². The van der Waals surface area contributed by atoms with E-state index in [0.717, 1.165) is 42.4 Å². The average Bonchev–Trinajstić information content (AvgIpc) is 3.37. The van der Waals surface area contributed by atoms with Crippen molar-refractivity contribution in [2.24, 2.45) is 0 Å². The molecule has 7 heteroatoms. The van der Waals surface area contributed by atoms with Gasteiger partial charge in [-0.1, -0.05) is 50.3 Å². The summed E-state index contributed by atoms with van der Waals surface area (Å²) >= 11 is 1.49. The van der Waals surface area contributed by atoms with Crippen LogP contribution in [0.3, 0.4) is 0 Å². The van der Waals surface area contributed by atoms with E-state index in [9.17, 15) is 4.79 Å². The number of carbonyl (C=O) groups excluding carboxylic acids is 1. The standard InChI is InChI=1S/C20H28N4O2S/c25-18(21-15-8-3-1-4-9-15)14-27-20-23-22-19(17-12-7-13-26-17)24(20)16-10-5-2-6-11-16/h7,12-13,15-16H,1-6,8-11,14H2,(H,21,25). The number of nitrogens with zero attached hydrogens (tertiary/aromatic N) is 3. The van der Waals surface area contributed by atoms with Gasteiger partial charge < -0.3 is 9.73 Å². The van der Waals surface area contributed by atoms with Crippen molar-refractivity contribution in [3.63, 3.8) is 0 Å². The van der Waals surface area contributed by atoms with E-state index in [1.54, 1.807) is 6.26 Å². The Morgan fingerprint density at radius 3 is 2.56 bits per heavy atom. The van der Waals surface area contributed by atoms with Crippen LogP contribution < -0.4 is 5.32 Å². The summed E-state index contributed by atoms with van der Waals surface area (Å²) in [5.74, 6) is 2.01. The number of hydrogen-bond donors (Lipinski definition) is 1. The molecule has 1 N–H and O–H groups in total. The molecule has 4 rings (SSSR count). The maximum absolute atomic E-state index is 12.4. The van der Waals surface area contributed by atoms with Gasteiger partial charge in [-0.3, -0.25) is 9.36 Å². The number of amides is 1. The average molecular weight is 389 g/mol. The van der Waals surface area contributed by atoms with E-state index in [4.69, 9.17) is 4.42 Å². The molecule has 6 nitrogen and oxygen atoms in total. The van der Waals surface area contributed by atoms with Crippen LogP contribution in [0.2, 0.25) is 0 Å². The normalized spacial score (nSPS) is 19.3. The van der Waals surface area contributed by atoms with Gasteiger partial charge in [0, 0.05) is 12.1 Å². The number of nitrogens with one attached hydrogen (secondary N) is 1. The summed E-state index contributed by atoms with van der Waals surface area (Å²) in [6.07, 6.45) is 13.6. The monoisotopic (exact) mass is 388 g/mol. The van der Waals surface area contributed by atoms with Crippen LogP contribution in [0.25, 0.3) is 11.6 Å². The van der Waals surface area contributed by atoms with Crippen LogP contribution in [-0.4, -0.2) is 32.5 Å². The molecule has 2 aliphatic carbocycles. The van der Waals surface area contributed by atoms with Crippen molar-refractivity contribution >= 4 is 17.7 Å². The smallest absolute Gasteiger partial charge is 0.230 e. The Morgan fingerprint density at radius 1 is 1.11 bits per heavy atom. The first kappa shape index (κ1) is 18.6. The molecule has 0 spiro atoms. The molecular weight excluding hydrogens is 360 g/mol. The number of carbonyl (C=O) groups is 1. The Bertz CT molecular complexity index is 731. The van der Waals surface area contributed by atoms with Gasteiger partial charge in [-0.15, -0.1) is 10.2 Å². The van der Waals surface area contributed by atoms with Crippen molar-refractivity contribution in [3.05, 3.63) is 18.4 Å². The van der Waals surface area contributed by atoms with Crippen LogP contribution >= 0.6 is 11.8 Å². The molecule has 2 heterocycles. The fraction of sp³-hybridized carbons (Fsp3) is 0.650. The SMILES string of the molecule is O=C(CSc1nnc(-c2ccco2)n1C1CCCCC1)NC1CCCCC1. The molecular formula is C20H28N4O2S. The van der Waals surface area contributed by atoms with Crippen LogP contribution in [0.15, 0.2) is 28.0 Å². The third kappa shape index (κ3) is 4.57. The van der Waals surface area contributed by atoms with Crippen molar-refractivity contribution in [2.45, 2.75) is 81.4 Å². The zero-order valence-corrected chi connectivity index (χ0v) is 16.5. The van der Waals surface area contributed by atoms with E-state index in [1.165, 1.54) is 50.3 Å². The molecule has 0 bridgehead atoms. The second-order valence-corrected chi connectivity index (χ2v) is 8.58. The predicted octanol–water partition coefficient (Wildman–Crippen LogP) is 4.58. The van der Waals surface area contributed by atoms with Crippen molar-refractivity contribution < 1.29 is 9.21 Å². The lowest BCUT2D eigenvalue weighted by atomic mass is 9.95. The summed E-state index contributed by atoms with van der Waals surface area (Å²) in [4.78, 5) is 12.4. The summed E-state index contributed by atoms with van der Waals surface area (Å²) in [5.41, 5.74) is 0. The molecule has 27 heavy (non-hydrogen) atoms. The van der Waals surface area contributed by atoms with Crippen LogP contribution in [0.1, 0.15) is 70.3 Å². The van der Waals surface area contributed by atoms with Crippen molar-refractivity contribution in [1.29, 1.82) is 0 Å².